The highest BCUT2D eigenvalue weighted by Gasteiger charge is 2.06. The van der Waals surface area contributed by atoms with Gasteiger partial charge in [0.15, 0.2) is 0 Å². The molecule has 2 aromatic rings. The maximum atomic E-state index is 2.42. The molecule has 0 aromatic heterocycles. The minimum Gasteiger partial charge on any atom is -0.0706 e. The molecule has 0 atom stereocenters. The molecule has 0 aliphatic carbocycles. The van der Waals surface area contributed by atoms with Crippen LogP contribution in [0.25, 0.3) is 0 Å². The highest BCUT2D eigenvalue weighted by molar-refractivity contribution is 6.56. The third kappa shape index (κ3) is 3.35. The summed E-state index contributed by atoms with van der Waals surface area (Å²) in [7, 11) is -0.294. The van der Waals surface area contributed by atoms with Gasteiger partial charge in [0, 0.05) is 0 Å². The summed E-state index contributed by atoms with van der Waals surface area (Å²) in [4.78, 5) is 0. The molecule has 1 heteroatoms. The van der Waals surface area contributed by atoms with Crippen LogP contribution in [0.5, 0.6) is 0 Å². The maximum absolute atomic E-state index is 2.42. The SMILES string of the molecule is C[Si](Cc1ccccc1)Cc1ccccc1. The zero-order valence-corrected chi connectivity index (χ0v) is 10.7. The van der Waals surface area contributed by atoms with E-state index in [1.165, 1.54) is 23.2 Å². The zero-order chi connectivity index (χ0) is 11.2. The number of benzene rings is 2. The molecule has 2 rings (SSSR count). The van der Waals surface area contributed by atoms with Crippen LogP contribution in [0.1, 0.15) is 11.1 Å². The van der Waals surface area contributed by atoms with Crippen LogP contribution >= 0.6 is 0 Å². The van der Waals surface area contributed by atoms with Crippen LogP contribution in [-0.4, -0.2) is 8.80 Å². The number of hydrogen-bond acceptors (Lipinski definition) is 0. The Bertz CT molecular complexity index is 366. The second-order valence-corrected chi connectivity index (χ2v) is 6.90. The standard InChI is InChI=1S/C15H17Si/c1-16(12-14-8-4-2-5-9-14)13-15-10-6-3-7-11-15/h2-11H,12-13H2,1H3. The van der Waals surface area contributed by atoms with Gasteiger partial charge in [0.05, 0.1) is 8.80 Å². The van der Waals surface area contributed by atoms with Gasteiger partial charge in [-0.25, -0.2) is 0 Å². The summed E-state index contributed by atoms with van der Waals surface area (Å²) in [6.07, 6.45) is 0. The molecule has 0 amide bonds. The van der Waals surface area contributed by atoms with Crippen LogP contribution in [0.4, 0.5) is 0 Å². The van der Waals surface area contributed by atoms with E-state index < -0.39 is 0 Å². The monoisotopic (exact) mass is 225 g/mol. The van der Waals surface area contributed by atoms with E-state index in [-0.39, 0.29) is 8.80 Å². The van der Waals surface area contributed by atoms with Gasteiger partial charge in [-0.15, -0.1) is 0 Å². The summed E-state index contributed by atoms with van der Waals surface area (Å²) in [5.74, 6) is 0. The van der Waals surface area contributed by atoms with E-state index in [4.69, 9.17) is 0 Å². The van der Waals surface area contributed by atoms with Crippen molar-refractivity contribution in [3.63, 3.8) is 0 Å². The molecule has 0 saturated heterocycles. The summed E-state index contributed by atoms with van der Waals surface area (Å²) in [5.41, 5.74) is 2.96. The zero-order valence-electron chi connectivity index (χ0n) is 9.69. The smallest absolute Gasteiger partial charge is 0.0538 e. The number of rotatable bonds is 4. The predicted molar refractivity (Wildman–Crippen MR) is 71.9 cm³/mol. The summed E-state index contributed by atoms with van der Waals surface area (Å²) >= 11 is 0. The minimum atomic E-state index is -0.294. The highest BCUT2D eigenvalue weighted by Crippen LogP contribution is 2.07. The Balaban J connectivity index is 1.92. The molecule has 0 nitrogen and oxygen atoms in total. The Morgan fingerprint density at radius 1 is 0.688 bits per heavy atom. The van der Waals surface area contributed by atoms with Crippen molar-refractivity contribution >= 4 is 8.80 Å². The lowest BCUT2D eigenvalue weighted by Crippen LogP contribution is -2.15. The van der Waals surface area contributed by atoms with Gasteiger partial charge in [-0.2, -0.15) is 0 Å². The molecule has 0 aliphatic heterocycles. The van der Waals surface area contributed by atoms with Crippen LogP contribution in [-0.2, 0) is 12.1 Å². The summed E-state index contributed by atoms with van der Waals surface area (Å²) in [6, 6.07) is 24.2. The lowest BCUT2D eigenvalue weighted by molar-refractivity contribution is 1.26. The number of hydrogen-bond donors (Lipinski definition) is 0. The van der Waals surface area contributed by atoms with Gasteiger partial charge in [0.2, 0.25) is 0 Å². The normalized spacial score (nSPS) is 10.6. The molecule has 0 N–H and O–H groups in total. The summed E-state index contributed by atoms with van der Waals surface area (Å²) in [5, 5.41) is 0. The van der Waals surface area contributed by atoms with Crippen molar-refractivity contribution in [2.75, 3.05) is 0 Å². The fourth-order valence-electron chi connectivity index (χ4n) is 1.95. The van der Waals surface area contributed by atoms with Gasteiger partial charge in [-0.05, 0) is 12.1 Å². The van der Waals surface area contributed by atoms with Gasteiger partial charge >= 0.3 is 0 Å². The molecule has 0 unspecified atom stereocenters. The Hall–Kier alpha value is -1.34. The second-order valence-electron chi connectivity index (χ2n) is 4.28. The summed E-state index contributed by atoms with van der Waals surface area (Å²) in [6.45, 7) is 2.42. The van der Waals surface area contributed by atoms with E-state index in [1.807, 2.05) is 0 Å². The Morgan fingerprint density at radius 3 is 1.44 bits per heavy atom. The molecule has 81 valence electrons. The van der Waals surface area contributed by atoms with Crippen molar-refractivity contribution in [2.24, 2.45) is 0 Å². The highest BCUT2D eigenvalue weighted by atomic mass is 28.3. The third-order valence-corrected chi connectivity index (χ3v) is 4.72. The van der Waals surface area contributed by atoms with Crippen molar-refractivity contribution in [3.8, 4) is 0 Å². The molecule has 0 spiro atoms. The molecular formula is C15H17Si. The van der Waals surface area contributed by atoms with Gasteiger partial charge in [-0.3, -0.25) is 0 Å². The van der Waals surface area contributed by atoms with E-state index >= 15 is 0 Å². The fourth-order valence-corrected chi connectivity index (χ4v) is 3.94. The average Bonchev–Trinajstić information content (AvgIpc) is 2.31. The van der Waals surface area contributed by atoms with Crippen molar-refractivity contribution in [3.05, 3.63) is 71.8 Å². The van der Waals surface area contributed by atoms with E-state index in [1.54, 1.807) is 0 Å². The Labute approximate surface area is 99.6 Å². The van der Waals surface area contributed by atoms with Crippen LogP contribution in [0.3, 0.4) is 0 Å². The van der Waals surface area contributed by atoms with Crippen molar-refractivity contribution in [2.45, 2.75) is 18.6 Å². The first-order valence-electron chi connectivity index (χ1n) is 5.74. The van der Waals surface area contributed by atoms with Crippen LogP contribution in [0.15, 0.2) is 60.7 Å². The molecule has 2 aromatic carbocycles. The molecule has 0 fully saturated rings. The predicted octanol–water partition coefficient (Wildman–Crippen LogP) is 3.67. The van der Waals surface area contributed by atoms with Crippen LogP contribution < -0.4 is 0 Å². The molecule has 1 radical (unpaired) electrons. The van der Waals surface area contributed by atoms with Crippen molar-refractivity contribution < 1.29 is 0 Å². The van der Waals surface area contributed by atoms with Crippen LogP contribution in [0.2, 0.25) is 6.55 Å². The first-order valence-corrected chi connectivity index (χ1v) is 8.15. The van der Waals surface area contributed by atoms with Gasteiger partial charge < -0.3 is 0 Å². The topological polar surface area (TPSA) is 0 Å². The third-order valence-electron chi connectivity index (χ3n) is 2.70. The average molecular weight is 225 g/mol. The van der Waals surface area contributed by atoms with E-state index in [0.29, 0.717) is 0 Å². The van der Waals surface area contributed by atoms with E-state index in [9.17, 15) is 0 Å². The fraction of sp³-hybridized carbons (Fsp3) is 0.200. The molecule has 0 bridgehead atoms. The molecule has 0 heterocycles. The molecular weight excluding hydrogens is 208 g/mol. The van der Waals surface area contributed by atoms with Crippen molar-refractivity contribution in [1.29, 1.82) is 0 Å². The molecule has 16 heavy (non-hydrogen) atoms. The molecule has 0 aliphatic rings. The lowest BCUT2D eigenvalue weighted by Gasteiger charge is -2.09. The lowest BCUT2D eigenvalue weighted by atomic mass is 10.2. The van der Waals surface area contributed by atoms with E-state index in [0.717, 1.165) is 0 Å². The Kier molecular flexibility index (Phi) is 3.95. The Morgan fingerprint density at radius 2 is 1.06 bits per heavy atom. The maximum Gasteiger partial charge on any atom is 0.0538 e. The quantitative estimate of drug-likeness (QED) is 0.696. The largest absolute Gasteiger partial charge is 0.0706 e. The first kappa shape index (κ1) is 11.2. The first-order chi connectivity index (χ1) is 7.84. The second kappa shape index (κ2) is 5.66. The van der Waals surface area contributed by atoms with Gasteiger partial charge in [0.1, 0.15) is 0 Å². The van der Waals surface area contributed by atoms with Gasteiger partial charge in [-0.1, -0.05) is 78.3 Å². The van der Waals surface area contributed by atoms with E-state index in [2.05, 4.69) is 67.2 Å². The van der Waals surface area contributed by atoms with Crippen LogP contribution in [0, 0.1) is 0 Å². The molecule has 0 saturated carbocycles. The van der Waals surface area contributed by atoms with Gasteiger partial charge in [0.25, 0.3) is 0 Å². The van der Waals surface area contributed by atoms with Crippen molar-refractivity contribution in [1.82, 2.24) is 0 Å². The minimum absolute atomic E-state index is 0.294. The summed E-state index contributed by atoms with van der Waals surface area (Å²) < 4.78 is 0.